The molecule has 0 saturated carbocycles. The maximum Gasteiger partial charge on any atom is 0.227 e. The summed E-state index contributed by atoms with van der Waals surface area (Å²) in [5.74, 6) is 2.15. The molecule has 1 N–H and O–H groups in total. The van der Waals surface area contributed by atoms with E-state index in [1.165, 1.54) is 5.56 Å². The first kappa shape index (κ1) is 23.9. The van der Waals surface area contributed by atoms with Crippen LogP contribution in [0.2, 0.25) is 0 Å². The number of ether oxygens (including phenoxy) is 2. The van der Waals surface area contributed by atoms with Crippen LogP contribution in [0.5, 0.6) is 11.5 Å². The summed E-state index contributed by atoms with van der Waals surface area (Å²) in [5.41, 5.74) is 4.75. The quantitative estimate of drug-likeness (QED) is 0.394. The predicted molar refractivity (Wildman–Crippen MR) is 140 cm³/mol. The SMILES string of the molecule is COc1ccccc1N1C[C@H](c2nc3ccccc3n2C[C@@H](O)COc2ccc(C)cc2C)CC1=O. The van der Waals surface area contributed by atoms with Gasteiger partial charge in [-0.3, -0.25) is 4.79 Å². The molecule has 36 heavy (non-hydrogen) atoms. The van der Waals surface area contributed by atoms with E-state index in [0.717, 1.165) is 33.9 Å². The summed E-state index contributed by atoms with van der Waals surface area (Å²) in [6, 6.07) is 21.4. The number of imidazole rings is 1. The van der Waals surface area contributed by atoms with E-state index < -0.39 is 6.10 Å². The summed E-state index contributed by atoms with van der Waals surface area (Å²) in [6.45, 7) is 5.02. The minimum atomic E-state index is -0.746. The molecule has 0 aliphatic carbocycles. The van der Waals surface area contributed by atoms with Gasteiger partial charge in [-0.05, 0) is 49.7 Å². The molecule has 0 bridgehead atoms. The van der Waals surface area contributed by atoms with Gasteiger partial charge in [0.1, 0.15) is 30.0 Å². The molecule has 1 amide bonds. The molecule has 0 radical (unpaired) electrons. The van der Waals surface area contributed by atoms with Gasteiger partial charge >= 0.3 is 0 Å². The zero-order chi connectivity index (χ0) is 25.2. The highest BCUT2D eigenvalue weighted by Gasteiger charge is 2.36. The van der Waals surface area contributed by atoms with Gasteiger partial charge in [0, 0.05) is 18.9 Å². The summed E-state index contributed by atoms with van der Waals surface area (Å²) < 4.78 is 13.5. The summed E-state index contributed by atoms with van der Waals surface area (Å²) in [6.07, 6.45) is -0.402. The number of fused-ring (bicyclic) bond motifs is 1. The Morgan fingerprint density at radius 1 is 1.06 bits per heavy atom. The Balaban J connectivity index is 1.39. The number of anilines is 1. The van der Waals surface area contributed by atoms with Crippen molar-refractivity contribution in [2.45, 2.75) is 38.8 Å². The van der Waals surface area contributed by atoms with Gasteiger partial charge < -0.3 is 24.0 Å². The maximum absolute atomic E-state index is 13.1. The van der Waals surface area contributed by atoms with Gasteiger partial charge in [-0.1, -0.05) is 42.0 Å². The molecule has 4 aromatic rings. The van der Waals surface area contributed by atoms with Crippen molar-refractivity contribution in [1.82, 2.24) is 9.55 Å². The number of hydrogen-bond acceptors (Lipinski definition) is 5. The van der Waals surface area contributed by atoms with E-state index in [0.29, 0.717) is 25.3 Å². The molecule has 186 valence electrons. The number of carbonyl (C=O) groups excluding carboxylic acids is 1. The molecule has 1 aromatic heterocycles. The summed E-state index contributed by atoms with van der Waals surface area (Å²) in [4.78, 5) is 19.7. The van der Waals surface area contributed by atoms with Crippen LogP contribution in [0.4, 0.5) is 5.69 Å². The number of nitrogens with zero attached hydrogens (tertiary/aromatic N) is 3. The van der Waals surface area contributed by atoms with Crippen molar-refractivity contribution in [3.8, 4) is 11.5 Å². The molecule has 1 saturated heterocycles. The highest BCUT2D eigenvalue weighted by atomic mass is 16.5. The van der Waals surface area contributed by atoms with Crippen molar-refractivity contribution in [3.05, 3.63) is 83.7 Å². The molecule has 1 aliphatic heterocycles. The minimum Gasteiger partial charge on any atom is -0.495 e. The smallest absolute Gasteiger partial charge is 0.227 e. The van der Waals surface area contributed by atoms with Crippen LogP contribution < -0.4 is 14.4 Å². The number of aromatic nitrogens is 2. The highest BCUT2D eigenvalue weighted by Crippen LogP contribution is 2.37. The molecule has 2 heterocycles. The second-order valence-corrected chi connectivity index (χ2v) is 9.38. The zero-order valence-corrected chi connectivity index (χ0v) is 20.8. The van der Waals surface area contributed by atoms with Gasteiger partial charge in [0.05, 0.1) is 30.4 Å². The molecule has 0 spiro atoms. The van der Waals surface area contributed by atoms with Crippen molar-refractivity contribution >= 4 is 22.6 Å². The van der Waals surface area contributed by atoms with Crippen LogP contribution >= 0.6 is 0 Å². The fourth-order valence-corrected chi connectivity index (χ4v) is 4.97. The average Bonchev–Trinajstić information content (AvgIpc) is 3.44. The van der Waals surface area contributed by atoms with E-state index in [4.69, 9.17) is 14.5 Å². The van der Waals surface area contributed by atoms with Crippen LogP contribution in [0, 0.1) is 13.8 Å². The molecular formula is C29H31N3O4. The molecule has 7 heteroatoms. The number of hydrogen-bond donors (Lipinski definition) is 1. The summed E-state index contributed by atoms with van der Waals surface area (Å²) in [5, 5.41) is 10.9. The Morgan fingerprint density at radius 2 is 1.83 bits per heavy atom. The Kier molecular flexibility index (Phi) is 6.65. The van der Waals surface area contributed by atoms with Crippen LogP contribution in [0.15, 0.2) is 66.7 Å². The van der Waals surface area contributed by atoms with Gasteiger partial charge in [0.2, 0.25) is 5.91 Å². The molecule has 0 unspecified atom stereocenters. The molecule has 1 fully saturated rings. The molecule has 2 atom stereocenters. The van der Waals surface area contributed by atoms with Gasteiger partial charge in [-0.25, -0.2) is 4.98 Å². The van der Waals surface area contributed by atoms with Crippen molar-refractivity contribution in [2.24, 2.45) is 0 Å². The topological polar surface area (TPSA) is 76.8 Å². The largest absolute Gasteiger partial charge is 0.495 e. The lowest BCUT2D eigenvalue weighted by Crippen LogP contribution is -2.27. The van der Waals surface area contributed by atoms with Crippen LogP contribution in [0.3, 0.4) is 0 Å². The number of rotatable bonds is 8. The summed E-state index contributed by atoms with van der Waals surface area (Å²) in [7, 11) is 1.61. The van der Waals surface area contributed by atoms with Gasteiger partial charge in [0.15, 0.2) is 0 Å². The number of aliphatic hydroxyl groups excluding tert-OH is 1. The molecule has 3 aromatic carbocycles. The van der Waals surface area contributed by atoms with Gasteiger partial charge in [0.25, 0.3) is 0 Å². The summed E-state index contributed by atoms with van der Waals surface area (Å²) >= 11 is 0. The van der Waals surface area contributed by atoms with E-state index in [2.05, 4.69) is 6.07 Å². The van der Waals surface area contributed by atoms with Crippen molar-refractivity contribution < 1.29 is 19.4 Å². The third kappa shape index (κ3) is 4.66. The number of para-hydroxylation sites is 4. The van der Waals surface area contributed by atoms with E-state index in [-0.39, 0.29) is 18.4 Å². The Labute approximate surface area is 210 Å². The van der Waals surface area contributed by atoms with Crippen LogP contribution in [-0.4, -0.2) is 46.9 Å². The normalized spacial score (nSPS) is 16.5. The van der Waals surface area contributed by atoms with Gasteiger partial charge in [-0.15, -0.1) is 0 Å². The highest BCUT2D eigenvalue weighted by molar-refractivity contribution is 5.97. The third-order valence-electron chi connectivity index (χ3n) is 6.71. The molecule has 7 nitrogen and oxygen atoms in total. The lowest BCUT2D eigenvalue weighted by molar-refractivity contribution is -0.117. The maximum atomic E-state index is 13.1. The number of aryl methyl sites for hydroxylation is 2. The fourth-order valence-electron chi connectivity index (χ4n) is 4.97. The number of amides is 1. The number of benzene rings is 3. The first-order valence-corrected chi connectivity index (χ1v) is 12.2. The van der Waals surface area contributed by atoms with Crippen LogP contribution in [-0.2, 0) is 11.3 Å². The van der Waals surface area contributed by atoms with Crippen molar-refractivity contribution in [1.29, 1.82) is 0 Å². The number of carbonyl (C=O) groups is 1. The first-order valence-electron chi connectivity index (χ1n) is 12.2. The first-order chi connectivity index (χ1) is 17.4. The second-order valence-electron chi connectivity index (χ2n) is 9.38. The van der Waals surface area contributed by atoms with Crippen molar-refractivity contribution in [3.63, 3.8) is 0 Å². The lowest BCUT2D eigenvalue weighted by atomic mass is 10.1. The second kappa shape index (κ2) is 10.0. The molecular weight excluding hydrogens is 454 g/mol. The van der Waals surface area contributed by atoms with Crippen LogP contribution in [0.25, 0.3) is 11.0 Å². The van der Waals surface area contributed by atoms with Crippen LogP contribution in [0.1, 0.15) is 29.3 Å². The number of aliphatic hydroxyl groups is 1. The zero-order valence-electron chi connectivity index (χ0n) is 20.8. The van der Waals surface area contributed by atoms with Crippen molar-refractivity contribution in [2.75, 3.05) is 25.2 Å². The number of methoxy groups -OCH3 is 1. The Bertz CT molecular complexity index is 1400. The monoisotopic (exact) mass is 485 g/mol. The third-order valence-corrected chi connectivity index (χ3v) is 6.71. The predicted octanol–water partition coefficient (Wildman–Crippen LogP) is 4.62. The van der Waals surface area contributed by atoms with E-state index in [1.54, 1.807) is 12.0 Å². The molecule has 1 aliphatic rings. The van der Waals surface area contributed by atoms with E-state index in [1.807, 2.05) is 79.1 Å². The average molecular weight is 486 g/mol. The minimum absolute atomic E-state index is 0.0295. The lowest BCUT2D eigenvalue weighted by Gasteiger charge is -2.20. The Morgan fingerprint density at radius 3 is 2.64 bits per heavy atom. The van der Waals surface area contributed by atoms with E-state index in [9.17, 15) is 9.90 Å². The van der Waals surface area contributed by atoms with Gasteiger partial charge in [-0.2, -0.15) is 0 Å². The molecule has 5 rings (SSSR count). The standard InChI is InChI=1S/C29H31N3O4/c1-19-12-13-26(20(2)14-19)36-18-22(33)17-32-24-9-5-4-8-23(24)30-29(32)21-15-28(34)31(16-21)25-10-6-7-11-27(25)35-3/h4-14,21-22,33H,15-18H2,1-3H3/t21-,22-/m1/s1. The Hall–Kier alpha value is -3.84. The fraction of sp³-hybridized carbons (Fsp3) is 0.310. The van der Waals surface area contributed by atoms with E-state index >= 15 is 0 Å².